The van der Waals surface area contributed by atoms with Crippen molar-refractivity contribution >= 4 is 12.0 Å². The first kappa shape index (κ1) is 12.9. The van der Waals surface area contributed by atoms with Crippen LogP contribution in [0.25, 0.3) is 0 Å². The predicted molar refractivity (Wildman–Crippen MR) is 70.0 cm³/mol. The van der Waals surface area contributed by atoms with Crippen LogP contribution in [0, 0.1) is 0 Å². The Hall–Kier alpha value is -2.08. The average Bonchev–Trinajstić information content (AvgIpc) is 2.90. The minimum absolute atomic E-state index is 0.118. The van der Waals surface area contributed by atoms with Crippen LogP contribution in [0.4, 0.5) is 4.79 Å². The first-order chi connectivity index (χ1) is 9.75. The van der Waals surface area contributed by atoms with Crippen LogP contribution in [0.5, 0.6) is 0 Å². The third kappa shape index (κ3) is 2.46. The van der Waals surface area contributed by atoms with Gasteiger partial charge in [0.2, 0.25) is 5.91 Å². The van der Waals surface area contributed by atoms with Crippen molar-refractivity contribution in [2.24, 2.45) is 0 Å². The first-order valence-electron chi connectivity index (χ1n) is 6.64. The van der Waals surface area contributed by atoms with Crippen molar-refractivity contribution in [3.05, 3.63) is 35.9 Å². The van der Waals surface area contributed by atoms with Gasteiger partial charge in [-0.2, -0.15) is 0 Å². The van der Waals surface area contributed by atoms with Crippen LogP contribution in [0.3, 0.4) is 0 Å². The summed E-state index contributed by atoms with van der Waals surface area (Å²) in [7, 11) is 0. The summed E-state index contributed by atoms with van der Waals surface area (Å²) in [5, 5.41) is 2.61. The number of nitrogens with zero attached hydrogens (tertiary/aromatic N) is 1. The number of hydrogen-bond donors (Lipinski definition) is 1. The normalized spacial score (nSPS) is 26.0. The number of carbonyl (C=O) groups is 2. The van der Waals surface area contributed by atoms with Gasteiger partial charge in [-0.15, -0.1) is 0 Å². The van der Waals surface area contributed by atoms with Crippen molar-refractivity contribution in [1.29, 1.82) is 0 Å². The van der Waals surface area contributed by atoms with E-state index < -0.39 is 18.2 Å². The molecule has 2 unspecified atom stereocenters. The molecule has 2 heterocycles. The molecule has 0 radical (unpaired) electrons. The summed E-state index contributed by atoms with van der Waals surface area (Å²) in [6, 6.07) is 8.64. The first-order valence-corrected chi connectivity index (χ1v) is 6.64. The minimum atomic E-state index is -0.664. The molecule has 20 heavy (non-hydrogen) atoms. The molecule has 106 valence electrons. The largest absolute Gasteiger partial charge is 0.439 e. The third-order valence-corrected chi connectivity index (χ3v) is 3.53. The maximum absolute atomic E-state index is 12.5. The van der Waals surface area contributed by atoms with Gasteiger partial charge in [0.25, 0.3) is 0 Å². The van der Waals surface area contributed by atoms with Gasteiger partial charge in [0.1, 0.15) is 0 Å². The summed E-state index contributed by atoms with van der Waals surface area (Å²) < 4.78 is 10.5. The second-order valence-electron chi connectivity index (χ2n) is 4.80. The zero-order valence-corrected chi connectivity index (χ0v) is 11.0. The number of hydrogen-bond acceptors (Lipinski definition) is 4. The molecule has 6 nitrogen and oxygen atoms in total. The van der Waals surface area contributed by atoms with E-state index in [2.05, 4.69) is 5.32 Å². The second kappa shape index (κ2) is 5.50. The Morgan fingerprint density at radius 2 is 1.90 bits per heavy atom. The number of cyclic esters (lactones) is 1. The summed E-state index contributed by atoms with van der Waals surface area (Å²) >= 11 is 0. The van der Waals surface area contributed by atoms with E-state index in [9.17, 15) is 9.59 Å². The number of carbonyl (C=O) groups excluding carboxylic acids is 2. The number of benzene rings is 1. The molecule has 3 rings (SSSR count). The van der Waals surface area contributed by atoms with E-state index in [1.54, 1.807) is 4.90 Å². The van der Waals surface area contributed by atoms with Gasteiger partial charge in [0.15, 0.2) is 12.1 Å². The third-order valence-electron chi connectivity index (χ3n) is 3.53. The van der Waals surface area contributed by atoms with E-state index in [4.69, 9.17) is 9.47 Å². The highest BCUT2D eigenvalue weighted by Crippen LogP contribution is 2.27. The molecular weight excluding hydrogens is 260 g/mol. The van der Waals surface area contributed by atoms with Gasteiger partial charge in [-0.1, -0.05) is 30.3 Å². The summed E-state index contributed by atoms with van der Waals surface area (Å²) in [5.41, 5.74) is 0.817. The van der Waals surface area contributed by atoms with Gasteiger partial charge >= 0.3 is 6.09 Å². The smallest absolute Gasteiger partial charge is 0.408 e. The van der Waals surface area contributed by atoms with Crippen molar-refractivity contribution < 1.29 is 19.1 Å². The Labute approximate surface area is 116 Å². The van der Waals surface area contributed by atoms with Crippen molar-refractivity contribution in [2.75, 3.05) is 26.3 Å². The fourth-order valence-corrected chi connectivity index (χ4v) is 2.49. The molecule has 0 bridgehead atoms. The van der Waals surface area contributed by atoms with E-state index in [1.807, 2.05) is 30.3 Å². The lowest BCUT2D eigenvalue weighted by atomic mass is 10.0. The van der Waals surface area contributed by atoms with E-state index in [1.165, 1.54) is 0 Å². The zero-order chi connectivity index (χ0) is 13.9. The lowest BCUT2D eigenvalue weighted by Gasteiger charge is -2.30. The van der Waals surface area contributed by atoms with Crippen LogP contribution in [0.2, 0.25) is 0 Å². The van der Waals surface area contributed by atoms with Crippen molar-refractivity contribution in [1.82, 2.24) is 10.2 Å². The zero-order valence-electron chi connectivity index (χ0n) is 11.0. The lowest BCUT2D eigenvalue weighted by Crippen LogP contribution is -2.50. The Bertz CT molecular complexity index is 499. The Kier molecular flexibility index (Phi) is 3.56. The quantitative estimate of drug-likeness (QED) is 0.863. The lowest BCUT2D eigenvalue weighted by molar-refractivity contribution is -0.138. The molecule has 6 heteroatoms. The van der Waals surface area contributed by atoms with Gasteiger partial charge in [0, 0.05) is 13.1 Å². The molecule has 1 N–H and O–H groups in total. The highest BCUT2D eigenvalue weighted by molar-refractivity contribution is 5.89. The highest BCUT2D eigenvalue weighted by atomic mass is 16.6. The molecule has 2 atom stereocenters. The van der Waals surface area contributed by atoms with Gasteiger partial charge in [0.05, 0.1) is 13.2 Å². The van der Waals surface area contributed by atoms with Crippen molar-refractivity contribution in [2.45, 2.75) is 12.1 Å². The molecule has 1 aromatic carbocycles. The maximum Gasteiger partial charge on any atom is 0.408 e. The molecule has 2 aliphatic rings. The molecule has 2 saturated heterocycles. The molecule has 0 aromatic heterocycles. The molecule has 2 aliphatic heterocycles. The minimum Gasteiger partial charge on any atom is -0.439 e. The van der Waals surface area contributed by atoms with E-state index >= 15 is 0 Å². The number of nitrogens with one attached hydrogen (secondary N) is 1. The van der Waals surface area contributed by atoms with E-state index in [-0.39, 0.29) is 5.91 Å². The topological polar surface area (TPSA) is 67.9 Å². The van der Waals surface area contributed by atoms with Crippen molar-refractivity contribution in [3.8, 4) is 0 Å². The number of amides is 2. The SMILES string of the molecule is O=C1NC(C(=O)N2CCOCC2)C(c2ccccc2)O1. The molecular formula is C14H16N2O4. The van der Waals surface area contributed by atoms with Crippen LogP contribution < -0.4 is 5.32 Å². The average molecular weight is 276 g/mol. The Morgan fingerprint density at radius 1 is 1.20 bits per heavy atom. The van der Waals surface area contributed by atoms with Gasteiger partial charge in [-0.05, 0) is 5.56 Å². The van der Waals surface area contributed by atoms with Crippen LogP contribution in [0.1, 0.15) is 11.7 Å². The number of alkyl carbamates (subject to hydrolysis) is 1. The second-order valence-corrected chi connectivity index (χ2v) is 4.80. The molecule has 0 aliphatic carbocycles. The number of ether oxygens (including phenoxy) is 2. The summed E-state index contributed by atoms with van der Waals surface area (Å²) in [6.07, 6.45) is -1.12. The highest BCUT2D eigenvalue weighted by Gasteiger charge is 2.42. The van der Waals surface area contributed by atoms with E-state index in [0.717, 1.165) is 5.56 Å². The Balaban J connectivity index is 1.79. The maximum atomic E-state index is 12.5. The molecule has 2 fully saturated rings. The van der Waals surface area contributed by atoms with E-state index in [0.29, 0.717) is 26.3 Å². The van der Waals surface area contributed by atoms with Crippen LogP contribution >= 0.6 is 0 Å². The van der Waals surface area contributed by atoms with Gasteiger partial charge in [-0.25, -0.2) is 4.79 Å². The summed E-state index contributed by atoms with van der Waals surface area (Å²) in [6.45, 7) is 2.16. The number of morpholine rings is 1. The van der Waals surface area contributed by atoms with Crippen LogP contribution in [-0.4, -0.2) is 49.2 Å². The fraction of sp³-hybridized carbons (Fsp3) is 0.429. The Morgan fingerprint density at radius 3 is 2.60 bits per heavy atom. The van der Waals surface area contributed by atoms with Crippen LogP contribution in [-0.2, 0) is 14.3 Å². The summed E-state index contributed by atoms with van der Waals surface area (Å²) in [4.78, 5) is 25.7. The molecule has 0 spiro atoms. The molecule has 0 saturated carbocycles. The van der Waals surface area contributed by atoms with Gasteiger partial charge < -0.3 is 19.7 Å². The van der Waals surface area contributed by atoms with Gasteiger partial charge in [-0.3, -0.25) is 4.79 Å². The summed E-state index contributed by atoms with van der Waals surface area (Å²) in [5.74, 6) is -0.118. The van der Waals surface area contributed by atoms with Crippen LogP contribution in [0.15, 0.2) is 30.3 Å². The monoisotopic (exact) mass is 276 g/mol. The standard InChI is InChI=1S/C14H16N2O4/c17-13(16-6-8-19-9-7-16)11-12(20-14(18)15-11)10-4-2-1-3-5-10/h1-5,11-12H,6-9H2,(H,15,18). The van der Waals surface area contributed by atoms with Crippen molar-refractivity contribution in [3.63, 3.8) is 0 Å². The molecule has 1 aromatic rings. The molecule has 2 amide bonds. The number of rotatable bonds is 2. The predicted octanol–water partition coefficient (Wildman–Crippen LogP) is 0.695. The fourth-order valence-electron chi connectivity index (χ4n) is 2.49.